The molecule has 0 atom stereocenters. The fourth-order valence-corrected chi connectivity index (χ4v) is 2.24. The summed E-state index contributed by atoms with van der Waals surface area (Å²) in [6.45, 7) is -0.247. The minimum Gasteiger partial charge on any atom is -0.306 e. The van der Waals surface area contributed by atoms with Crippen molar-refractivity contribution in [2.45, 2.75) is 6.54 Å². The lowest BCUT2D eigenvalue weighted by molar-refractivity contribution is -0.387. The summed E-state index contributed by atoms with van der Waals surface area (Å²) in [5.41, 5.74) is -0.493. The molecular formula is C9H9FN4O5S. The predicted molar refractivity (Wildman–Crippen MR) is 65.6 cm³/mol. The first-order valence-corrected chi connectivity index (χ1v) is 7.09. The molecule has 0 aromatic heterocycles. The molecule has 1 aliphatic heterocycles. The summed E-state index contributed by atoms with van der Waals surface area (Å²) in [7, 11) is -3.68. The summed E-state index contributed by atoms with van der Waals surface area (Å²) in [5.74, 6) is -1.07. The van der Waals surface area contributed by atoms with Crippen molar-refractivity contribution in [3.8, 4) is 0 Å². The van der Waals surface area contributed by atoms with Gasteiger partial charge in [-0.1, -0.05) is 0 Å². The van der Waals surface area contributed by atoms with Crippen LogP contribution in [0.4, 0.5) is 20.6 Å². The number of hydrazine groups is 1. The van der Waals surface area contributed by atoms with Gasteiger partial charge in [0.1, 0.15) is 0 Å². The standard InChI is InChI=1S/C9H9FN4O5S/c1-20(18,19)12-13-4-5-2-6(10)8(14(16)17)3-7(5)11-9(13)15/h2-3,12H,4H2,1H3,(H,11,15). The highest BCUT2D eigenvalue weighted by Gasteiger charge is 2.28. The molecule has 0 fully saturated rings. The van der Waals surface area contributed by atoms with E-state index in [2.05, 4.69) is 5.32 Å². The van der Waals surface area contributed by atoms with Crippen molar-refractivity contribution in [3.05, 3.63) is 33.6 Å². The molecule has 1 heterocycles. The molecule has 1 aromatic rings. The second-order valence-electron chi connectivity index (χ2n) is 4.10. The zero-order valence-electron chi connectivity index (χ0n) is 10.1. The lowest BCUT2D eigenvalue weighted by Crippen LogP contribution is -2.49. The average Bonchev–Trinajstić information content (AvgIpc) is 2.28. The first-order chi connectivity index (χ1) is 9.17. The Morgan fingerprint density at radius 3 is 2.70 bits per heavy atom. The highest BCUT2D eigenvalue weighted by atomic mass is 32.2. The van der Waals surface area contributed by atoms with E-state index in [0.29, 0.717) is 0 Å². The molecule has 9 nitrogen and oxygen atoms in total. The Bertz CT molecular complexity index is 705. The number of nitro benzene ring substituents is 1. The van der Waals surface area contributed by atoms with Crippen LogP contribution < -0.4 is 10.1 Å². The van der Waals surface area contributed by atoms with Gasteiger partial charge in [0, 0.05) is 11.6 Å². The summed E-state index contributed by atoms with van der Waals surface area (Å²) >= 11 is 0. The average molecular weight is 304 g/mol. The molecule has 20 heavy (non-hydrogen) atoms. The summed E-state index contributed by atoms with van der Waals surface area (Å²) in [6, 6.07) is 0.952. The predicted octanol–water partition coefficient (Wildman–Crippen LogP) is 0.546. The molecule has 1 aromatic carbocycles. The maximum absolute atomic E-state index is 13.5. The monoisotopic (exact) mass is 304 g/mol. The fourth-order valence-electron chi connectivity index (χ4n) is 1.69. The Balaban J connectivity index is 2.37. The Labute approximate surface area is 112 Å². The number of amides is 2. The molecule has 0 spiro atoms. The number of hydrogen-bond donors (Lipinski definition) is 2. The zero-order chi connectivity index (χ0) is 15.1. The van der Waals surface area contributed by atoms with Crippen LogP contribution in [0.15, 0.2) is 12.1 Å². The number of fused-ring (bicyclic) bond motifs is 1. The van der Waals surface area contributed by atoms with Gasteiger partial charge in [0.15, 0.2) is 0 Å². The minimum atomic E-state index is -3.68. The second kappa shape index (κ2) is 4.68. The van der Waals surface area contributed by atoms with Gasteiger partial charge < -0.3 is 5.32 Å². The van der Waals surface area contributed by atoms with Gasteiger partial charge in [-0.25, -0.2) is 18.2 Å². The van der Waals surface area contributed by atoms with E-state index >= 15 is 0 Å². The number of sulfonamides is 1. The highest BCUT2D eigenvalue weighted by molar-refractivity contribution is 7.88. The van der Waals surface area contributed by atoms with Crippen LogP contribution >= 0.6 is 0 Å². The van der Waals surface area contributed by atoms with Crippen molar-refractivity contribution >= 4 is 27.4 Å². The summed E-state index contributed by atoms with van der Waals surface area (Å²) in [6.07, 6.45) is 0.853. The zero-order valence-corrected chi connectivity index (χ0v) is 10.9. The molecule has 0 aliphatic carbocycles. The number of benzene rings is 1. The number of hydrogen-bond acceptors (Lipinski definition) is 5. The molecule has 2 amide bonds. The normalized spacial score (nSPS) is 14.7. The van der Waals surface area contributed by atoms with E-state index in [9.17, 15) is 27.7 Å². The molecule has 1 aliphatic rings. The van der Waals surface area contributed by atoms with Crippen LogP contribution in [-0.4, -0.2) is 30.6 Å². The molecular weight excluding hydrogens is 295 g/mol. The van der Waals surface area contributed by atoms with Gasteiger partial charge in [0.05, 0.1) is 23.4 Å². The van der Waals surface area contributed by atoms with Crippen molar-refractivity contribution in [2.24, 2.45) is 0 Å². The summed E-state index contributed by atoms with van der Waals surface area (Å²) in [4.78, 5) is 23.2. The fraction of sp³-hybridized carbons (Fsp3) is 0.222. The van der Waals surface area contributed by atoms with Crippen molar-refractivity contribution in [2.75, 3.05) is 11.6 Å². The van der Waals surface area contributed by atoms with Crippen LogP contribution in [0, 0.1) is 15.9 Å². The molecule has 11 heteroatoms. The van der Waals surface area contributed by atoms with Gasteiger partial charge in [-0.3, -0.25) is 10.1 Å². The molecule has 108 valence electrons. The second-order valence-corrected chi connectivity index (χ2v) is 5.82. The van der Waals surface area contributed by atoms with Crippen molar-refractivity contribution < 1.29 is 22.5 Å². The third kappa shape index (κ3) is 2.83. The Morgan fingerprint density at radius 1 is 1.50 bits per heavy atom. The summed E-state index contributed by atoms with van der Waals surface area (Å²) < 4.78 is 35.6. The topological polar surface area (TPSA) is 122 Å². The lowest BCUT2D eigenvalue weighted by Gasteiger charge is -2.28. The number of anilines is 1. The lowest BCUT2D eigenvalue weighted by atomic mass is 10.1. The van der Waals surface area contributed by atoms with Gasteiger partial charge in [-0.2, -0.15) is 4.39 Å². The van der Waals surface area contributed by atoms with E-state index in [-0.39, 0.29) is 17.8 Å². The van der Waals surface area contributed by atoms with E-state index in [4.69, 9.17) is 0 Å². The number of carbonyl (C=O) groups is 1. The van der Waals surface area contributed by atoms with E-state index in [0.717, 1.165) is 23.4 Å². The van der Waals surface area contributed by atoms with Crippen molar-refractivity contribution in [3.63, 3.8) is 0 Å². The van der Waals surface area contributed by atoms with Crippen LogP contribution in [0.25, 0.3) is 0 Å². The number of nitro groups is 1. The molecule has 0 bridgehead atoms. The van der Waals surface area contributed by atoms with E-state index in [1.165, 1.54) is 0 Å². The molecule has 2 rings (SSSR count). The third-order valence-corrected chi connectivity index (χ3v) is 3.01. The van der Waals surface area contributed by atoms with Crippen LogP contribution in [0.1, 0.15) is 5.56 Å². The largest absolute Gasteiger partial charge is 0.337 e. The maximum atomic E-state index is 13.5. The SMILES string of the molecule is CS(=O)(=O)NN1Cc2cc(F)c([N+](=O)[O-])cc2NC1=O. The minimum absolute atomic E-state index is 0.0645. The van der Waals surface area contributed by atoms with Crippen LogP contribution in [0.2, 0.25) is 0 Å². The molecule has 2 N–H and O–H groups in total. The van der Waals surface area contributed by atoms with Crippen molar-refractivity contribution in [1.82, 2.24) is 9.84 Å². The quantitative estimate of drug-likeness (QED) is 0.623. The molecule has 0 saturated carbocycles. The highest BCUT2D eigenvalue weighted by Crippen LogP contribution is 2.29. The van der Waals surface area contributed by atoms with Gasteiger partial charge in [0.2, 0.25) is 15.8 Å². The first kappa shape index (κ1) is 14.1. The molecule has 0 unspecified atom stereocenters. The van der Waals surface area contributed by atoms with E-state index in [1.807, 2.05) is 4.83 Å². The van der Waals surface area contributed by atoms with Gasteiger partial charge >= 0.3 is 11.7 Å². The van der Waals surface area contributed by atoms with Crippen LogP contribution in [0.3, 0.4) is 0 Å². The van der Waals surface area contributed by atoms with Gasteiger partial charge in [-0.15, -0.1) is 4.83 Å². The number of rotatable bonds is 3. The number of nitrogens with zero attached hydrogens (tertiary/aromatic N) is 2. The maximum Gasteiger partial charge on any atom is 0.337 e. The van der Waals surface area contributed by atoms with Crippen LogP contribution in [-0.2, 0) is 16.6 Å². The molecule has 0 saturated heterocycles. The first-order valence-electron chi connectivity index (χ1n) is 5.20. The number of urea groups is 1. The smallest absolute Gasteiger partial charge is 0.306 e. The Hall–Kier alpha value is -2.27. The van der Waals surface area contributed by atoms with E-state index in [1.54, 1.807) is 0 Å². The summed E-state index contributed by atoms with van der Waals surface area (Å²) in [5, 5.41) is 13.6. The third-order valence-electron chi connectivity index (χ3n) is 2.46. The number of nitrogens with one attached hydrogen (secondary N) is 2. The van der Waals surface area contributed by atoms with Gasteiger partial charge in [0.25, 0.3) is 0 Å². The Kier molecular flexibility index (Phi) is 3.31. The van der Waals surface area contributed by atoms with Gasteiger partial charge in [-0.05, 0) is 6.07 Å². The van der Waals surface area contributed by atoms with Crippen LogP contribution in [0.5, 0.6) is 0 Å². The Morgan fingerprint density at radius 2 is 2.15 bits per heavy atom. The molecule has 0 radical (unpaired) electrons. The number of halogens is 1. The number of carbonyl (C=O) groups excluding carboxylic acids is 1. The van der Waals surface area contributed by atoms with Crippen molar-refractivity contribution in [1.29, 1.82) is 0 Å². The van der Waals surface area contributed by atoms with E-state index < -0.39 is 32.5 Å².